The lowest BCUT2D eigenvalue weighted by Crippen LogP contribution is -2.56. The molecule has 1 unspecified atom stereocenters. The Labute approximate surface area is 230 Å². The number of aryl methyl sites for hydroxylation is 2. The molecule has 2 aromatic rings. The molecular formula is C31H40FN3O4. The van der Waals surface area contributed by atoms with Crippen molar-refractivity contribution in [3.63, 3.8) is 0 Å². The number of benzene rings is 2. The number of morpholine rings is 1. The molecule has 1 fully saturated rings. The SMILES string of the molecule is C=C(CC)NC(=O)C(O)N1Cc2c(CCc3ccc(CN4CC(C)(C)OC(C)(C)C4)cc3F)cccc2C1=O. The van der Waals surface area contributed by atoms with Crippen molar-refractivity contribution >= 4 is 11.8 Å². The highest BCUT2D eigenvalue weighted by atomic mass is 19.1. The molecule has 0 aliphatic carbocycles. The summed E-state index contributed by atoms with van der Waals surface area (Å²) in [7, 11) is 0. The van der Waals surface area contributed by atoms with Gasteiger partial charge in [-0.05, 0) is 81.3 Å². The third-order valence-electron chi connectivity index (χ3n) is 7.30. The maximum atomic E-state index is 15.1. The maximum absolute atomic E-state index is 15.1. The molecule has 0 bridgehead atoms. The van der Waals surface area contributed by atoms with Gasteiger partial charge in [0.25, 0.3) is 11.8 Å². The molecule has 7 nitrogen and oxygen atoms in total. The Morgan fingerprint density at radius 3 is 2.44 bits per heavy atom. The second-order valence-electron chi connectivity index (χ2n) is 11.9. The standard InChI is InChI=1S/C31H40FN3O4/c1-7-20(2)33-27(36)29(38)35-17-25-22(9-8-10-24(25)28(35)37)13-14-23-12-11-21(15-26(23)32)16-34-18-30(3,4)39-31(5,6)19-34/h8-12,15,29,38H,2,7,13-14,16-19H2,1,3-6H3,(H,33,36). The van der Waals surface area contributed by atoms with Gasteiger partial charge in [0, 0.05) is 30.9 Å². The van der Waals surface area contributed by atoms with Crippen molar-refractivity contribution in [2.24, 2.45) is 0 Å². The molecule has 0 saturated carbocycles. The van der Waals surface area contributed by atoms with Crippen LogP contribution in [0.25, 0.3) is 0 Å². The highest BCUT2D eigenvalue weighted by Gasteiger charge is 2.38. The molecule has 0 radical (unpaired) electrons. The Kier molecular flexibility index (Phi) is 8.30. The molecule has 2 aliphatic rings. The second-order valence-corrected chi connectivity index (χ2v) is 11.9. The van der Waals surface area contributed by atoms with Gasteiger partial charge in [-0.25, -0.2) is 4.39 Å². The zero-order valence-corrected chi connectivity index (χ0v) is 23.6. The van der Waals surface area contributed by atoms with Crippen LogP contribution < -0.4 is 5.32 Å². The van der Waals surface area contributed by atoms with Crippen molar-refractivity contribution in [2.45, 2.75) is 84.4 Å². The number of halogens is 1. The average molecular weight is 538 g/mol. The normalized spacial score (nSPS) is 19.1. The first-order chi connectivity index (χ1) is 18.3. The predicted octanol–water partition coefficient (Wildman–Crippen LogP) is 4.31. The Balaban J connectivity index is 1.41. The highest BCUT2D eigenvalue weighted by molar-refractivity contribution is 6.01. The fourth-order valence-electron chi connectivity index (χ4n) is 5.80. The third-order valence-corrected chi connectivity index (χ3v) is 7.30. The van der Waals surface area contributed by atoms with Crippen molar-refractivity contribution in [3.8, 4) is 0 Å². The number of ether oxygens (including phenoxy) is 1. The van der Waals surface area contributed by atoms with E-state index in [9.17, 15) is 14.7 Å². The van der Waals surface area contributed by atoms with Gasteiger partial charge < -0.3 is 20.1 Å². The van der Waals surface area contributed by atoms with E-state index in [1.165, 1.54) is 0 Å². The predicted molar refractivity (Wildman–Crippen MR) is 148 cm³/mol. The summed E-state index contributed by atoms with van der Waals surface area (Å²) in [5, 5.41) is 13.1. The third kappa shape index (κ3) is 6.75. The number of amides is 2. The molecule has 210 valence electrons. The van der Waals surface area contributed by atoms with Crippen LogP contribution >= 0.6 is 0 Å². The summed E-state index contributed by atoms with van der Waals surface area (Å²) >= 11 is 0. The minimum absolute atomic E-state index is 0.116. The van der Waals surface area contributed by atoms with Gasteiger partial charge in [-0.3, -0.25) is 14.5 Å². The zero-order chi connectivity index (χ0) is 28.5. The number of aliphatic hydroxyl groups is 1. The first-order valence-corrected chi connectivity index (χ1v) is 13.6. The maximum Gasteiger partial charge on any atom is 0.274 e. The second kappa shape index (κ2) is 11.2. The van der Waals surface area contributed by atoms with Gasteiger partial charge in [0.2, 0.25) is 6.23 Å². The fraction of sp³-hybridized carbons (Fsp3) is 0.484. The number of carbonyl (C=O) groups excluding carboxylic acids is 2. The quantitative estimate of drug-likeness (QED) is 0.498. The summed E-state index contributed by atoms with van der Waals surface area (Å²) in [6.45, 7) is 16.2. The van der Waals surface area contributed by atoms with Crippen LogP contribution in [-0.4, -0.2) is 57.2 Å². The molecule has 8 heteroatoms. The molecule has 2 aliphatic heterocycles. The fourth-order valence-corrected chi connectivity index (χ4v) is 5.80. The number of hydrogen-bond donors (Lipinski definition) is 2. The first-order valence-electron chi connectivity index (χ1n) is 13.6. The Morgan fingerprint density at radius 1 is 1.13 bits per heavy atom. The summed E-state index contributed by atoms with van der Waals surface area (Å²) in [4.78, 5) is 28.8. The average Bonchev–Trinajstić information content (AvgIpc) is 3.18. The Morgan fingerprint density at radius 2 is 1.79 bits per heavy atom. The summed E-state index contributed by atoms with van der Waals surface area (Å²) in [5.41, 5.74) is 3.58. The number of fused-ring (bicyclic) bond motifs is 1. The van der Waals surface area contributed by atoms with Crippen molar-refractivity contribution in [1.82, 2.24) is 15.1 Å². The minimum Gasteiger partial charge on any atom is -0.367 e. The minimum atomic E-state index is -1.62. The van der Waals surface area contributed by atoms with Crippen LogP contribution in [0, 0.1) is 5.82 Å². The van der Waals surface area contributed by atoms with Gasteiger partial charge in [-0.1, -0.05) is 37.8 Å². The molecule has 0 spiro atoms. The van der Waals surface area contributed by atoms with Crippen molar-refractivity contribution < 1.29 is 23.8 Å². The smallest absolute Gasteiger partial charge is 0.274 e. The topological polar surface area (TPSA) is 82.1 Å². The van der Waals surface area contributed by atoms with Crippen LogP contribution in [0.3, 0.4) is 0 Å². The lowest BCUT2D eigenvalue weighted by molar-refractivity contribution is -0.182. The summed E-state index contributed by atoms with van der Waals surface area (Å²) in [6.07, 6.45) is -0.0962. The zero-order valence-electron chi connectivity index (χ0n) is 23.6. The van der Waals surface area contributed by atoms with E-state index < -0.39 is 18.0 Å². The number of hydrogen-bond acceptors (Lipinski definition) is 5. The summed E-state index contributed by atoms with van der Waals surface area (Å²) in [5.74, 6) is -1.33. The van der Waals surface area contributed by atoms with Crippen LogP contribution in [0.15, 0.2) is 48.7 Å². The summed E-state index contributed by atoms with van der Waals surface area (Å²) in [6, 6.07) is 10.8. The van der Waals surface area contributed by atoms with Gasteiger partial charge in [-0.15, -0.1) is 0 Å². The molecule has 39 heavy (non-hydrogen) atoms. The number of rotatable bonds is 9. The van der Waals surface area contributed by atoms with E-state index >= 15 is 4.39 Å². The molecule has 0 aromatic heterocycles. The molecule has 1 saturated heterocycles. The van der Waals surface area contributed by atoms with E-state index in [2.05, 4.69) is 44.5 Å². The van der Waals surface area contributed by atoms with E-state index in [4.69, 9.17) is 4.74 Å². The largest absolute Gasteiger partial charge is 0.367 e. The van der Waals surface area contributed by atoms with E-state index in [0.717, 1.165) is 34.7 Å². The van der Waals surface area contributed by atoms with Crippen molar-refractivity contribution in [2.75, 3.05) is 13.1 Å². The van der Waals surface area contributed by atoms with Crippen molar-refractivity contribution in [1.29, 1.82) is 0 Å². The molecule has 2 aromatic carbocycles. The molecule has 2 N–H and O–H groups in total. The molecule has 2 amide bonds. The van der Waals surface area contributed by atoms with Crippen LogP contribution in [0.1, 0.15) is 73.7 Å². The van der Waals surface area contributed by atoms with Gasteiger partial charge in [0.1, 0.15) is 5.82 Å². The van der Waals surface area contributed by atoms with Crippen molar-refractivity contribution in [3.05, 3.63) is 82.3 Å². The number of aliphatic hydroxyl groups excluding tert-OH is 1. The molecule has 2 heterocycles. The Hall–Kier alpha value is -3.07. The van der Waals surface area contributed by atoms with E-state index in [0.29, 0.717) is 42.6 Å². The van der Waals surface area contributed by atoms with Gasteiger partial charge in [0.15, 0.2) is 0 Å². The first kappa shape index (κ1) is 28.9. The van der Waals surface area contributed by atoms with Crippen LogP contribution in [-0.2, 0) is 35.5 Å². The lowest BCUT2D eigenvalue weighted by Gasteiger charge is -2.47. The van der Waals surface area contributed by atoms with Gasteiger partial charge in [0.05, 0.1) is 17.7 Å². The number of allylic oxidation sites excluding steroid dienone is 1. The van der Waals surface area contributed by atoms with E-state index in [1.54, 1.807) is 18.2 Å². The Bertz CT molecular complexity index is 1260. The number of nitrogens with zero attached hydrogens (tertiary/aromatic N) is 2. The van der Waals surface area contributed by atoms with Crippen LogP contribution in [0.4, 0.5) is 4.39 Å². The number of nitrogens with one attached hydrogen (secondary N) is 1. The van der Waals surface area contributed by atoms with Crippen LogP contribution in [0.5, 0.6) is 0 Å². The lowest BCUT2D eigenvalue weighted by atomic mass is 9.96. The molecule has 4 rings (SSSR count). The van der Waals surface area contributed by atoms with E-state index in [1.807, 2.05) is 25.1 Å². The van der Waals surface area contributed by atoms with Crippen LogP contribution in [0.2, 0.25) is 0 Å². The summed E-state index contributed by atoms with van der Waals surface area (Å²) < 4.78 is 21.3. The number of carbonyl (C=O) groups is 2. The van der Waals surface area contributed by atoms with Gasteiger partial charge in [-0.2, -0.15) is 0 Å². The highest BCUT2D eigenvalue weighted by Crippen LogP contribution is 2.30. The molecule has 1 atom stereocenters. The van der Waals surface area contributed by atoms with Gasteiger partial charge >= 0.3 is 0 Å². The monoisotopic (exact) mass is 537 g/mol. The van der Waals surface area contributed by atoms with E-state index in [-0.39, 0.29) is 23.6 Å². The molecular weight excluding hydrogens is 497 g/mol.